The highest BCUT2D eigenvalue weighted by molar-refractivity contribution is 9.10. The maximum absolute atomic E-state index is 13.9. The number of nitrogens with zero attached hydrogens (tertiary/aromatic N) is 1. The molecular formula is C15H18BrFN2O. The third kappa shape index (κ3) is 3.90. The summed E-state index contributed by atoms with van der Waals surface area (Å²) in [6, 6.07) is 5.13. The van der Waals surface area contributed by atoms with Gasteiger partial charge in [-0.3, -0.25) is 0 Å². The van der Waals surface area contributed by atoms with Crippen LogP contribution in [0.15, 0.2) is 33.3 Å². The molecule has 3 nitrogen and oxygen atoms in total. The lowest BCUT2D eigenvalue weighted by Crippen LogP contribution is -2.16. The second kappa shape index (κ2) is 7.55. The van der Waals surface area contributed by atoms with Crippen LogP contribution >= 0.6 is 15.9 Å². The van der Waals surface area contributed by atoms with Crippen molar-refractivity contribution in [3.05, 3.63) is 40.6 Å². The van der Waals surface area contributed by atoms with Crippen molar-refractivity contribution in [1.29, 1.82) is 0 Å². The number of rotatable bonds is 7. The van der Waals surface area contributed by atoms with E-state index in [2.05, 4.69) is 33.2 Å². The molecule has 2 rings (SSSR count). The van der Waals surface area contributed by atoms with Crippen LogP contribution in [0, 0.1) is 5.82 Å². The van der Waals surface area contributed by atoms with Gasteiger partial charge in [0.15, 0.2) is 11.7 Å². The molecule has 0 radical (unpaired) electrons. The second-order valence-electron chi connectivity index (χ2n) is 4.57. The second-order valence-corrected chi connectivity index (χ2v) is 5.43. The van der Waals surface area contributed by atoms with Gasteiger partial charge in [0.1, 0.15) is 5.82 Å². The van der Waals surface area contributed by atoms with Crippen LogP contribution in [0.2, 0.25) is 0 Å². The fourth-order valence-corrected chi connectivity index (χ4v) is 2.28. The number of aromatic nitrogens is 1. The lowest BCUT2D eigenvalue weighted by atomic mass is 10.2. The number of nitrogens with one attached hydrogen (secondary N) is 1. The normalized spacial score (nSPS) is 10.9. The molecule has 2 aromatic rings. The highest BCUT2D eigenvalue weighted by Crippen LogP contribution is 2.28. The molecule has 0 aliphatic rings. The predicted octanol–water partition coefficient (Wildman–Crippen LogP) is 4.18. The Morgan fingerprint density at radius 3 is 3.00 bits per heavy atom. The van der Waals surface area contributed by atoms with E-state index < -0.39 is 0 Å². The lowest BCUT2D eigenvalue weighted by molar-refractivity contribution is 0.488. The average molecular weight is 341 g/mol. The van der Waals surface area contributed by atoms with Crippen molar-refractivity contribution in [2.75, 3.05) is 13.1 Å². The quantitative estimate of drug-likeness (QED) is 0.768. The van der Waals surface area contributed by atoms with Crippen LogP contribution in [-0.2, 0) is 6.42 Å². The first kappa shape index (κ1) is 15.2. The van der Waals surface area contributed by atoms with Crippen LogP contribution in [0.1, 0.15) is 25.7 Å². The van der Waals surface area contributed by atoms with Crippen molar-refractivity contribution >= 4 is 15.9 Å². The van der Waals surface area contributed by atoms with Gasteiger partial charge in [-0.25, -0.2) is 9.37 Å². The van der Waals surface area contributed by atoms with Gasteiger partial charge < -0.3 is 9.73 Å². The Morgan fingerprint density at radius 1 is 1.35 bits per heavy atom. The first-order chi connectivity index (χ1) is 9.72. The lowest BCUT2D eigenvalue weighted by Gasteiger charge is -2.01. The molecule has 108 valence electrons. The molecule has 0 saturated heterocycles. The van der Waals surface area contributed by atoms with Gasteiger partial charge in [-0.2, -0.15) is 0 Å². The van der Waals surface area contributed by atoms with Crippen molar-refractivity contribution < 1.29 is 8.81 Å². The number of benzene rings is 1. The van der Waals surface area contributed by atoms with Crippen LogP contribution in [-0.4, -0.2) is 18.1 Å². The molecule has 0 fully saturated rings. The van der Waals surface area contributed by atoms with E-state index in [1.807, 2.05) is 0 Å². The van der Waals surface area contributed by atoms with Gasteiger partial charge in [0.25, 0.3) is 0 Å². The van der Waals surface area contributed by atoms with Gasteiger partial charge in [0, 0.05) is 6.42 Å². The van der Waals surface area contributed by atoms with Crippen molar-refractivity contribution in [1.82, 2.24) is 10.3 Å². The smallest absolute Gasteiger partial charge is 0.194 e. The first-order valence-electron chi connectivity index (χ1n) is 6.82. The van der Waals surface area contributed by atoms with E-state index >= 15 is 0 Å². The van der Waals surface area contributed by atoms with E-state index in [9.17, 15) is 4.39 Å². The van der Waals surface area contributed by atoms with Crippen LogP contribution in [0.5, 0.6) is 0 Å². The van der Waals surface area contributed by atoms with Gasteiger partial charge >= 0.3 is 0 Å². The summed E-state index contributed by atoms with van der Waals surface area (Å²) in [5.74, 6) is 0.804. The Labute approximate surface area is 126 Å². The zero-order valence-electron chi connectivity index (χ0n) is 11.5. The van der Waals surface area contributed by atoms with Gasteiger partial charge in [-0.15, -0.1) is 0 Å². The SMILES string of the molecule is CCCNCCCc1ncc(-c2cccc(Br)c2F)o1. The maximum Gasteiger partial charge on any atom is 0.194 e. The molecule has 5 heteroatoms. The van der Waals surface area contributed by atoms with Crippen LogP contribution < -0.4 is 5.32 Å². The van der Waals surface area contributed by atoms with E-state index in [1.54, 1.807) is 24.4 Å². The van der Waals surface area contributed by atoms with Gasteiger partial charge in [0.05, 0.1) is 16.2 Å². The molecule has 1 heterocycles. The van der Waals surface area contributed by atoms with E-state index in [1.165, 1.54) is 0 Å². The summed E-state index contributed by atoms with van der Waals surface area (Å²) in [6.07, 6.45) is 4.43. The fraction of sp³-hybridized carbons (Fsp3) is 0.400. The predicted molar refractivity (Wildman–Crippen MR) is 81.1 cm³/mol. The van der Waals surface area contributed by atoms with Crippen molar-refractivity contribution in [3.63, 3.8) is 0 Å². The van der Waals surface area contributed by atoms with E-state index in [-0.39, 0.29) is 5.82 Å². The van der Waals surface area contributed by atoms with Gasteiger partial charge in [-0.1, -0.05) is 13.0 Å². The molecule has 0 aliphatic carbocycles. The van der Waals surface area contributed by atoms with Gasteiger partial charge in [-0.05, 0) is 54.0 Å². The Bertz CT molecular complexity index is 557. The van der Waals surface area contributed by atoms with E-state index in [0.29, 0.717) is 21.7 Å². The number of hydrogen-bond acceptors (Lipinski definition) is 3. The number of halogens is 2. The molecule has 0 bridgehead atoms. The minimum Gasteiger partial charge on any atom is -0.441 e. The standard InChI is InChI=1S/C15H18BrFN2O/c1-2-8-18-9-4-7-14-19-10-13(20-14)11-5-3-6-12(16)15(11)17/h3,5-6,10,18H,2,4,7-9H2,1H3. The molecule has 0 saturated carbocycles. The van der Waals surface area contributed by atoms with Crippen molar-refractivity contribution in [3.8, 4) is 11.3 Å². The van der Waals surface area contributed by atoms with Crippen molar-refractivity contribution in [2.24, 2.45) is 0 Å². The van der Waals surface area contributed by atoms with Crippen LogP contribution in [0.25, 0.3) is 11.3 Å². The van der Waals surface area contributed by atoms with Crippen LogP contribution in [0.4, 0.5) is 4.39 Å². The summed E-state index contributed by atoms with van der Waals surface area (Å²) in [7, 11) is 0. The molecular weight excluding hydrogens is 323 g/mol. The van der Waals surface area contributed by atoms with E-state index in [0.717, 1.165) is 32.4 Å². The molecule has 0 spiro atoms. The largest absolute Gasteiger partial charge is 0.441 e. The minimum atomic E-state index is -0.320. The summed E-state index contributed by atoms with van der Waals surface area (Å²) in [5.41, 5.74) is 0.433. The fourth-order valence-electron chi connectivity index (χ4n) is 1.91. The average Bonchev–Trinajstić information content (AvgIpc) is 2.90. The Balaban J connectivity index is 1.97. The third-order valence-corrected chi connectivity index (χ3v) is 3.55. The first-order valence-corrected chi connectivity index (χ1v) is 7.61. The van der Waals surface area contributed by atoms with Gasteiger partial charge in [0.2, 0.25) is 0 Å². The topological polar surface area (TPSA) is 38.1 Å². The summed E-state index contributed by atoms with van der Waals surface area (Å²) in [6.45, 7) is 4.11. The molecule has 0 atom stereocenters. The maximum atomic E-state index is 13.9. The molecule has 20 heavy (non-hydrogen) atoms. The summed E-state index contributed by atoms with van der Waals surface area (Å²) >= 11 is 3.17. The number of aryl methyl sites for hydroxylation is 1. The zero-order valence-corrected chi connectivity index (χ0v) is 13.0. The number of hydrogen-bond donors (Lipinski definition) is 1. The molecule has 1 aromatic carbocycles. The summed E-state index contributed by atoms with van der Waals surface area (Å²) in [5, 5.41) is 3.32. The molecule has 0 unspecified atom stereocenters. The summed E-state index contributed by atoms with van der Waals surface area (Å²) in [4.78, 5) is 4.20. The van der Waals surface area contributed by atoms with Crippen LogP contribution in [0.3, 0.4) is 0 Å². The Hall–Kier alpha value is -1.20. The highest BCUT2D eigenvalue weighted by atomic mass is 79.9. The Kier molecular flexibility index (Phi) is 5.73. The summed E-state index contributed by atoms with van der Waals surface area (Å²) < 4.78 is 20.0. The van der Waals surface area contributed by atoms with Crippen molar-refractivity contribution in [2.45, 2.75) is 26.2 Å². The monoisotopic (exact) mass is 340 g/mol. The highest BCUT2D eigenvalue weighted by Gasteiger charge is 2.12. The third-order valence-electron chi connectivity index (χ3n) is 2.94. The minimum absolute atomic E-state index is 0.320. The molecule has 1 N–H and O–H groups in total. The number of oxazole rings is 1. The molecule has 0 aliphatic heterocycles. The Morgan fingerprint density at radius 2 is 2.20 bits per heavy atom. The molecule has 0 amide bonds. The van der Waals surface area contributed by atoms with E-state index in [4.69, 9.17) is 4.42 Å². The molecule has 1 aromatic heterocycles. The zero-order chi connectivity index (χ0) is 14.4.